The third-order valence-corrected chi connectivity index (χ3v) is 7.27. The van der Waals surface area contributed by atoms with Crippen LogP contribution in [0.1, 0.15) is 29.3 Å². The molecule has 1 aliphatic carbocycles. The molecular weight excluding hydrogens is 452 g/mol. The Bertz CT molecular complexity index is 960. The van der Waals surface area contributed by atoms with Crippen LogP contribution in [-0.4, -0.2) is 79.5 Å². The van der Waals surface area contributed by atoms with Gasteiger partial charge in [-0.25, -0.2) is 0 Å². The lowest BCUT2D eigenvalue weighted by Crippen LogP contribution is -2.48. The van der Waals surface area contributed by atoms with Gasteiger partial charge in [-0.05, 0) is 48.4 Å². The predicted molar refractivity (Wildman–Crippen MR) is 133 cm³/mol. The number of rotatable bonds is 13. The van der Waals surface area contributed by atoms with E-state index in [0.717, 1.165) is 24.8 Å². The van der Waals surface area contributed by atoms with Crippen molar-refractivity contribution in [2.75, 3.05) is 46.6 Å². The Labute approximate surface area is 205 Å². The first-order valence-corrected chi connectivity index (χ1v) is 12.7. The topological polar surface area (TPSA) is 71.5 Å². The van der Waals surface area contributed by atoms with Gasteiger partial charge in [-0.3, -0.25) is 9.69 Å². The van der Waals surface area contributed by atoms with Crippen LogP contribution in [0.2, 0.25) is 0 Å². The van der Waals surface area contributed by atoms with Gasteiger partial charge in [-0.15, -0.1) is 17.9 Å². The molecule has 2 heterocycles. The fraction of sp³-hybridized carbons (Fsp3) is 0.500. The number of ether oxygens (including phenoxy) is 3. The Morgan fingerprint density at radius 2 is 2.12 bits per heavy atom. The van der Waals surface area contributed by atoms with Gasteiger partial charge in [0.05, 0.1) is 39.0 Å². The molecule has 1 saturated carbocycles. The van der Waals surface area contributed by atoms with Crippen molar-refractivity contribution in [3.8, 4) is 11.5 Å². The third-order valence-electron chi connectivity index (χ3n) is 6.27. The Kier molecular flexibility index (Phi) is 8.61. The Morgan fingerprint density at radius 1 is 1.32 bits per heavy atom. The second kappa shape index (κ2) is 11.8. The molecule has 0 spiro atoms. The molecule has 0 saturated heterocycles. The molecular formula is C26H34N2O5S. The van der Waals surface area contributed by atoms with E-state index in [4.69, 9.17) is 14.2 Å². The quantitative estimate of drug-likeness (QED) is 0.346. The Hall–Kier alpha value is -2.39. The van der Waals surface area contributed by atoms with Gasteiger partial charge in [0.15, 0.2) is 11.5 Å². The van der Waals surface area contributed by atoms with E-state index in [-0.39, 0.29) is 25.1 Å². The summed E-state index contributed by atoms with van der Waals surface area (Å²) < 4.78 is 17.0. The zero-order chi connectivity index (χ0) is 23.9. The first kappa shape index (κ1) is 24.7. The number of methoxy groups -OCH3 is 1. The number of fused-ring (bicyclic) bond motifs is 1. The summed E-state index contributed by atoms with van der Waals surface area (Å²) in [5, 5.41) is 12.5. The minimum absolute atomic E-state index is 0.0663. The molecule has 1 N–H and O–H groups in total. The van der Waals surface area contributed by atoms with Crippen molar-refractivity contribution in [3.63, 3.8) is 0 Å². The second-order valence-corrected chi connectivity index (χ2v) is 9.76. The average molecular weight is 487 g/mol. The van der Waals surface area contributed by atoms with Crippen LogP contribution in [0.15, 0.2) is 48.4 Å². The van der Waals surface area contributed by atoms with Crippen LogP contribution in [0.25, 0.3) is 0 Å². The van der Waals surface area contributed by atoms with E-state index in [1.54, 1.807) is 24.5 Å². The number of hydrogen-bond donors (Lipinski definition) is 1. The van der Waals surface area contributed by atoms with E-state index in [9.17, 15) is 9.90 Å². The molecule has 1 aliphatic heterocycles. The molecule has 1 aromatic carbocycles. The summed E-state index contributed by atoms with van der Waals surface area (Å²) in [5.74, 6) is 1.41. The van der Waals surface area contributed by atoms with Crippen LogP contribution in [0.4, 0.5) is 0 Å². The molecule has 7 nitrogen and oxygen atoms in total. The number of hydrogen-bond acceptors (Lipinski definition) is 7. The van der Waals surface area contributed by atoms with Crippen molar-refractivity contribution < 1.29 is 24.1 Å². The highest BCUT2D eigenvalue weighted by Crippen LogP contribution is 2.36. The van der Waals surface area contributed by atoms with E-state index in [1.807, 2.05) is 29.2 Å². The summed E-state index contributed by atoms with van der Waals surface area (Å²) in [7, 11) is 1.62. The molecule has 2 atom stereocenters. The minimum atomic E-state index is -0.636. The van der Waals surface area contributed by atoms with Crippen molar-refractivity contribution in [2.24, 2.45) is 0 Å². The molecule has 8 heteroatoms. The number of thiophene rings is 1. The monoisotopic (exact) mass is 486 g/mol. The van der Waals surface area contributed by atoms with Crippen molar-refractivity contribution in [2.45, 2.75) is 37.5 Å². The van der Waals surface area contributed by atoms with E-state index in [2.05, 4.69) is 22.9 Å². The van der Waals surface area contributed by atoms with E-state index >= 15 is 0 Å². The highest BCUT2D eigenvalue weighted by Gasteiger charge is 2.36. The average Bonchev–Trinajstić information content (AvgIpc) is 3.59. The highest BCUT2D eigenvalue weighted by atomic mass is 32.1. The van der Waals surface area contributed by atoms with E-state index in [1.165, 1.54) is 4.88 Å². The summed E-state index contributed by atoms with van der Waals surface area (Å²) in [4.78, 5) is 18.9. The summed E-state index contributed by atoms with van der Waals surface area (Å²) >= 11 is 1.74. The van der Waals surface area contributed by atoms with Crippen LogP contribution in [0, 0.1) is 0 Å². The number of nitrogens with zero attached hydrogens (tertiary/aromatic N) is 2. The number of benzene rings is 1. The number of para-hydroxylation sites is 2. The molecule has 2 aliphatic rings. The predicted octanol–water partition coefficient (Wildman–Crippen LogP) is 3.29. The zero-order valence-electron chi connectivity index (χ0n) is 19.7. The molecule has 1 aromatic heterocycles. The smallest absolute Gasteiger partial charge is 0.237 e. The largest absolute Gasteiger partial charge is 0.493 e. The van der Waals surface area contributed by atoms with Gasteiger partial charge in [-0.1, -0.05) is 18.2 Å². The van der Waals surface area contributed by atoms with Crippen LogP contribution < -0.4 is 9.47 Å². The lowest BCUT2D eigenvalue weighted by Gasteiger charge is -2.37. The van der Waals surface area contributed by atoms with Crippen molar-refractivity contribution >= 4 is 17.2 Å². The van der Waals surface area contributed by atoms with Crippen molar-refractivity contribution in [1.29, 1.82) is 0 Å². The first-order chi connectivity index (χ1) is 16.6. The molecule has 2 unspecified atom stereocenters. The standard InChI is InChI=1S/C26H34N2O5S/c1-3-13-32-17-20(29)15-27(19-8-9-19)16-26(30)28-12-10-25-21(11-14-34-25)22(28)18-33-24-7-5-4-6-23(24)31-2/h3-7,11,14,19-20,22,29H,1,8-10,12-13,15-18H2,2H3. The van der Waals surface area contributed by atoms with Gasteiger partial charge >= 0.3 is 0 Å². The number of aliphatic hydroxyl groups excluding tert-OH is 1. The zero-order valence-corrected chi connectivity index (χ0v) is 20.5. The molecule has 1 fully saturated rings. The Morgan fingerprint density at radius 3 is 2.85 bits per heavy atom. The first-order valence-electron chi connectivity index (χ1n) is 11.8. The van der Waals surface area contributed by atoms with Crippen LogP contribution in [0.5, 0.6) is 11.5 Å². The molecule has 184 valence electrons. The van der Waals surface area contributed by atoms with Gasteiger partial charge in [0.2, 0.25) is 5.91 Å². The van der Waals surface area contributed by atoms with Gasteiger partial charge in [0, 0.05) is 24.0 Å². The summed E-state index contributed by atoms with van der Waals surface area (Å²) in [6, 6.07) is 9.86. The highest BCUT2D eigenvalue weighted by molar-refractivity contribution is 7.10. The van der Waals surface area contributed by atoms with Gasteiger partial charge in [0.1, 0.15) is 6.61 Å². The molecule has 1 amide bonds. The molecule has 34 heavy (non-hydrogen) atoms. The summed E-state index contributed by atoms with van der Waals surface area (Å²) in [6.45, 7) is 6.00. The van der Waals surface area contributed by atoms with Gasteiger partial charge in [-0.2, -0.15) is 0 Å². The van der Waals surface area contributed by atoms with E-state index < -0.39 is 6.10 Å². The van der Waals surface area contributed by atoms with Gasteiger partial charge in [0.25, 0.3) is 0 Å². The number of amides is 1. The lowest BCUT2D eigenvalue weighted by atomic mass is 10.0. The number of aliphatic hydroxyl groups is 1. The van der Waals surface area contributed by atoms with Crippen molar-refractivity contribution in [3.05, 3.63) is 58.8 Å². The van der Waals surface area contributed by atoms with Crippen LogP contribution >= 0.6 is 11.3 Å². The summed E-state index contributed by atoms with van der Waals surface area (Å²) in [6.07, 6.45) is 4.00. The second-order valence-electron chi connectivity index (χ2n) is 8.75. The number of carbonyl (C=O) groups is 1. The number of carbonyl (C=O) groups excluding carboxylic acids is 1. The van der Waals surface area contributed by atoms with E-state index in [0.29, 0.717) is 43.8 Å². The Balaban J connectivity index is 1.43. The van der Waals surface area contributed by atoms with Gasteiger partial charge < -0.3 is 24.2 Å². The fourth-order valence-corrected chi connectivity index (χ4v) is 5.37. The maximum absolute atomic E-state index is 13.5. The molecule has 2 aromatic rings. The molecule has 0 bridgehead atoms. The maximum Gasteiger partial charge on any atom is 0.237 e. The minimum Gasteiger partial charge on any atom is -0.493 e. The van der Waals surface area contributed by atoms with Crippen molar-refractivity contribution in [1.82, 2.24) is 9.80 Å². The lowest BCUT2D eigenvalue weighted by molar-refractivity contribution is -0.136. The fourth-order valence-electron chi connectivity index (χ4n) is 4.44. The molecule has 4 rings (SSSR count). The normalized spacial score (nSPS) is 18.4. The summed E-state index contributed by atoms with van der Waals surface area (Å²) in [5.41, 5.74) is 1.16. The SMILES string of the molecule is C=CCOCC(O)CN(CC(=O)N1CCc2sccc2C1COc1ccccc1OC)C1CC1. The van der Waals surface area contributed by atoms with Crippen LogP contribution in [-0.2, 0) is 16.0 Å². The molecule has 0 radical (unpaired) electrons. The maximum atomic E-state index is 13.5. The third kappa shape index (κ3) is 6.18. The van der Waals surface area contributed by atoms with Crippen LogP contribution in [0.3, 0.4) is 0 Å².